The Bertz CT molecular complexity index is 1170. The first-order valence-electron chi connectivity index (χ1n) is 11.3. The van der Waals surface area contributed by atoms with E-state index in [9.17, 15) is 18.3 Å². The van der Waals surface area contributed by atoms with Crippen molar-refractivity contribution in [3.8, 4) is 0 Å². The molecule has 5 nitrogen and oxygen atoms in total. The lowest BCUT2D eigenvalue weighted by molar-refractivity contribution is -0.218. The van der Waals surface area contributed by atoms with Gasteiger partial charge in [0, 0.05) is 36.9 Å². The number of halogens is 3. The fourth-order valence-electron chi connectivity index (χ4n) is 5.03. The maximum atomic E-state index is 12.6. The predicted octanol–water partition coefficient (Wildman–Crippen LogP) is 4.79. The Labute approximate surface area is 190 Å². The van der Waals surface area contributed by atoms with Crippen LogP contribution in [0.15, 0.2) is 53.7 Å². The zero-order chi connectivity index (χ0) is 23.1. The summed E-state index contributed by atoms with van der Waals surface area (Å²) in [5.41, 5.74) is 1.08. The van der Waals surface area contributed by atoms with Crippen molar-refractivity contribution in [3.05, 3.63) is 59.9 Å². The van der Waals surface area contributed by atoms with Crippen LogP contribution in [0.25, 0.3) is 10.9 Å². The number of hydrogen-bond acceptors (Lipinski definition) is 4. The predicted molar refractivity (Wildman–Crippen MR) is 120 cm³/mol. The highest BCUT2D eigenvalue weighted by Crippen LogP contribution is 2.38. The second-order valence-electron chi connectivity index (χ2n) is 9.15. The van der Waals surface area contributed by atoms with Gasteiger partial charge in [0.2, 0.25) is 5.82 Å². The largest absolute Gasteiger partial charge is 0.862 e. The van der Waals surface area contributed by atoms with Gasteiger partial charge in [-0.05, 0) is 60.6 Å². The lowest BCUT2D eigenvalue weighted by Crippen LogP contribution is -2.59. The number of quaternary nitrogens is 1. The molecular weight excluding hydrogens is 429 g/mol. The number of benzene rings is 1. The van der Waals surface area contributed by atoms with Crippen molar-refractivity contribution in [2.75, 3.05) is 19.6 Å². The minimum absolute atomic E-state index is 0.100. The number of alkyl halides is 3. The van der Waals surface area contributed by atoms with E-state index in [2.05, 4.69) is 22.1 Å². The highest BCUT2D eigenvalue weighted by atomic mass is 19.4. The van der Waals surface area contributed by atoms with Crippen LogP contribution in [-0.4, -0.2) is 35.5 Å². The first-order valence-corrected chi connectivity index (χ1v) is 11.3. The lowest BCUT2D eigenvalue weighted by atomic mass is 9.85. The number of piperidine rings is 3. The van der Waals surface area contributed by atoms with E-state index in [1.54, 1.807) is 6.07 Å². The summed E-state index contributed by atoms with van der Waals surface area (Å²) in [7, 11) is 0. The summed E-state index contributed by atoms with van der Waals surface area (Å²) < 4.78 is 38.8. The molecule has 3 aliphatic rings. The second kappa shape index (κ2) is 8.41. The summed E-state index contributed by atoms with van der Waals surface area (Å²) in [6.45, 7) is 3.50. The molecule has 0 spiro atoms. The highest BCUT2D eigenvalue weighted by molar-refractivity contribution is 5.85. The molecule has 3 aromatic rings. The van der Waals surface area contributed by atoms with E-state index in [-0.39, 0.29) is 18.7 Å². The SMILES string of the molecule is [O-]C(CCc1ccc(C(F)(F)F)nc1)=Nc1ccc2nc([N+]34CCC(CC3)CC4)ccc2c1. The molecule has 2 bridgehead atoms. The Kier molecular flexibility index (Phi) is 5.56. The maximum absolute atomic E-state index is 12.6. The molecule has 8 heteroatoms. The molecule has 6 rings (SSSR count). The number of rotatable bonds is 5. The number of nitrogens with zero attached hydrogens (tertiary/aromatic N) is 4. The van der Waals surface area contributed by atoms with Crippen LogP contribution >= 0.6 is 0 Å². The van der Waals surface area contributed by atoms with Crippen LogP contribution in [0, 0.1) is 5.92 Å². The normalized spacial score (nSPS) is 23.2. The summed E-state index contributed by atoms with van der Waals surface area (Å²) in [6, 6.07) is 12.0. The highest BCUT2D eigenvalue weighted by Gasteiger charge is 2.42. The Morgan fingerprint density at radius 1 is 1.03 bits per heavy atom. The zero-order valence-corrected chi connectivity index (χ0v) is 18.2. The van der Waals surface area contributed by atoms with Gasteiger partial charge in [-0.3, -0.25) is 14.5 Å². The number of pyridine rings is 2. The van der Waals surface area contributed by atoms with Gasteiger partial charge < -0.3 is 5.11 Å². The van der Waals surface area contributed by atoms with E-state index < -0.39 is 11.9 Å². The second-order valence-corrected chi connectivity index (χ2v) is 9.15. The molecule has 0 aliphatic carbocycles. The van der Waals surface area contributed by atoms with Gasteiger partial charge in [0.1, 0.15) is 5.69 Å². The molecule has 0 unspecified atom stereocenters. The molecule has 3 fully saturated rings. The van der Waals surface area contributed by atoms with Gasteiger partial charge in [0.25, 0.3) is 0 Å². The summed E-state index contributed by atoms with van der Waals surface area (Å²) in [5.74, 6) is 1.70. The summed E-state index contributed by atoms with van der Waals surface area (Å²) in [5, 5.41) is 13.2. The molecule has 5 heterocycles. The van der Waals surface area contributed by atoms with E-state index in [0.717, 1.165) is 39.4 Å². The van der Waals surface area contributed by atoms with Crippen molar-refractivity contribution in [1.29, 1.82) is 0 Å². The zero-order valence-electron chi connectivity index (χ0n) is 18.2. The number of aliphatic imine (C=N–C) groups is 1. The maximum Gasteiger partial charge on any atom is 0.433 e. The molecule has 3 saturated heterocycles. The minimum Gasteiger partial charge on any atom is -0.862 e. The van der Waals surface area contributed by atoms with Crippen LogP contribution in [0.1, 0.15) is 36.9 Å². The van der Waals surface area contributed by atoms with Gasteiger partial charge in [-0.2, -0.15) is 18.2 Å². The van der Waals surface area contributed by atoms with E-state index in [1.165, 1.54) is 45.0 Å². The van der Waals surface area contributed by atoms with Crippen molar-refractivity contribution >= 4 is 28.3 Å². The Morgan fingerprint density at radius 2 is 1.79 bits per heavy atom. The fraction of sp³-hybridized carbons (Fsp3) is 0.400. The van der Waals surface area contributed by atoms with Crippen LogP contribution < -0.4 is 9.59 Å². The van der Waals surface area contributed by atoms with Gasteiger partial charge in [-0.25, -0.2) is 0 Å². The van der Waals surface area contributed by atoms with E-state index in [0.29, 0.717) is 11.3 Å². The lowest BCUT2D eigenvalue weighted by Gasteiger charge is -2.47. The number of hydrogen-bond donors (Lipinski definition) is 0. The summed E-state index contributed by atoms with van der Waals surface area (Å²) in [6.07, 6.45) is 0.915. The van der Waals surface area contributed by atoms with Gasteiger partial charge in [0.05, 0.1) is 30.8 Å². The summed E-state index contributed by atoms with van der Waals surface area (Å²) in [4.78, 5) is 12.5. The average molecular weight is 454 g/mol. The molecule has 2 aromatic heterocycles. The minimum atomic E-state index is -4.47. The number of fused-ring (bicyclic) bond motifs is 4. The van der Waals surface area contributed by atoms with Crippen molar-refractivity contribution in [3.63, 3.8) is 0 Å². The van der Waals surface area contributed by atoms with E-state index in [4.69, 9.17) is 4.98 Å². The van der Waals surface area contributed by atoms with Crippen LogP contribution in [0.2, 0.25) is 0 Å². The topological polar surface area (TPSA) is 61.2 Å². The van der Waals surface area contributed by atoms with Gasteiger partial charge in [-0.15, -0.1) is 0 Å². The first-order chi connectivity index (χ1) is 15.8. The van der Waals surface area contributed by atoms with Crippen LogP contribution in [0.3, 0.4) is 0 Å². The number of aromatic nitrogens is 2. The molecule has 1 aromatic carbocycles. The molecule has 0 N–H and O–H groups in total. The molecule has 3 aliphatic heterocycles. The third-order valence-electron chi connectivity index (χ3n) is 7.04. The molecule has 0 amide bonds. The van der Waals surface area contributed by atoms with E-state index in [1.807, 2.05) is 12.1 Å². The molecule has 172 valence electrons. The quantitative estimate of drug-likeness (QED) is 0.316. The first kappa shape index (κ1) is 21.8. The molecule has 33 heavy (non-hydrogen) atoms. The summed E-state index contributed by atoms with van der Waals surface area (Å²) >= 11 is 0. The monoisotopic (exact) mass is 454 g/mol. The third-order valence-corrected chi connectivity index (χ3v) is 7.04. The van der Waals surface area contributed by atoms with Crippen molar-refractivity contribution in [2.24, 2.45) is 10.9 Å². The average Bonchev–Trinajstić information content (AvgIpc) is 2.83. The Hall–Kier alpha value is -3.00. The van der Waals surface area contributed by atoms with E-state index >= 15 is 0 Å². The smallest absolute Gasteiger partial charge is 0.433 e. The van der Waals surface area contributed by atoms with Crippen molar-refractivity contribution in [2.45, 2.75) is 38.3 Å². The van der Waals surface area contributed by atoms with Gasteiger partial charge in [-0.1, -0.05) is 6.07 Å². The van der Waals surface area contributed by atoms with Gasteiger partial charge >= 0.3 is 6.18 Å². The van der Waals surface area contributed by atoms with Crippen LogP contribution in [-0.2, 0) is 12.6 Å². The van der Waals surface area contributed by atoms with Crippen molar-refractivity contribution < 1.29 is 18.3 Å². The standard InChI is InChI=1S/C25H25F3N4O/c26-25(27,28)22-6-1-18(16-29-22)2-8-24(33)30-20-4-5-21-19(15-20)3-7-23(31-21)32-12-9-17(10-13-32)11-14-32/h1,3-7,15-17H,2,8-14H2. The van der Waals surface area contributed by atoms with Gasteiger partial charge in [0.15, 0.2) is 0 Å². The third kappa shape index (κ3) is 4.57. The fourth-order valence-corrected chi connectivity index (χ4v) is 5.03. The van der Waals surface area contributed by atoms with Crippen LogP contribution in [0.4, 0.5) is 24.7 Å². The Morgan fingerprint density at radius 3 is 2.45 bits per heavy atom. The van der Waals surface area contributed by atoms with Crippen molar-refractivity contribution in [1.82, 2.24) is 14.5 Å². The Balaban J connectivity index is 1.27. The molecule has 0 saturated carbocycles. The number of aryl methyl sites for hydroxylation is 1. The molecule has 0 radical (unpaired) electrons. The molecular formula is C25H25F3N4O. The molecule has 0 atom stereocenters. The van der Waals surface area contributed by atoms with Crippen LogP contribution in [0.5, 0.6) is 0 Å².